The fraction of sp³-hybridized carbons (Fsp3) is 1.00. The quantitative estimate of drug-likeness (QED) is 0.626. The van der Waals surface area contributed by atoms with Gasteiger partial charge < -0.3 is 10.1 Å². The minimum atomic E-state index is 0.380. The maximum Gasteiger partial charge on any atom is 0.0518 e. The van der Waals surface area contributed by atoms with Crippen molar-refractivity contribution in [2.75, 3.05) is 19.7 Å². The molecular formula is C13H27NO. The third-order valence-corrected chi connectivity index (χ3v) is 3.42. The highest BCUT2D eigenvalue weighted by Gasteiger charge is 2.35. The van der Waals surface area contributed by atoms with Gasteiger partial charge in [0.15, 0.2) is 0 Å². The molecule has 0 amide bonds. The molecular weight excluding hydrogens is 186 g/mol. The monoisotopic (exact) mass is 213 g/mol. The van der Waals surface area contributed by atoms with Crippen LogP contribution in [-0.2, 0) is 4.74 Å². The van der Waals surface area contributed by atoms with Crippen LogP contribution in [0.1, 0.15) is 52.9 Å². The molecule has 0 aliphatic heterocycles. The third kappa shape index (κ3) is 4.52. The maximum absolute atomic E-state index is 5.65. The fourth-order valence-corrected chi connectivity index (χ4v) is 2.23. The molecule has 1 aliphatic rings. The average Bonchev–Trinajstić information content (AvgIpc) is 2.12. The summed E-state index contributed by atoms with van der Waals surface area (Å²) in [5.41, 5.74) is 0.573. The van der Waals surface area contributed by atoms with E-state index < -0.39 is 0 Å². The zero-order valence-electron chi connectivity index (χ0n) is 10.6. The number of hydrogen-bond donors (Lipinski definition) is 1. The first-order valence-electron chi connectivity index (χ1n) is 6.51. The lowest BCUT2D eigenvalue weighted by molar-refractivity contribution is 0.0233. The zero-order valence-corrected chi connectivity index (χ0v) is 10.6. The van der Waals surface area contributed by atoms with Gasteiger partial charge in [0.2, 0.25) is 0 Å². The normalized spacial score (nSPS) is 19.2. The van der Waals surface area contributed by atoms with E-state index in [9.17, 15) is 0 Å². The molecule has 2 heteroatoms. The second-order valence-electron chi connectivity index (χ2n) is 5.20. The topological polar surface area (TPSA) is 21.3 Å². The van der Waals surface area contributed by atoms with Crippen molar-refractivity contribution >= 4 is 0 Å². The van der Waals surface area contributed by atoms with Crippen LogP contribution >= 0.6 is 0 Å². The summed E-state index contributed by atoms with van der Waals surface area (Å²) in [5, 5.41) is 3.56. The highest BCUT2D eigenvalue weighted by molar-refractivity contribution is 4.89. The third-order valence-electron chi connectivity index (χ3n) is 3.42. The van der Waals surface area contributed by atoms with Crippen LogP contribution in [0.4, 0.5) is 0 Å². The van der Waals surface area contributed by atoms with Crippen molar-refractivity contribution in [3.05, 3.63) is 0 Å². The first-order valence-corrected chi connectivity index (χ1v) is 6.51. The van der Waals surface area contributed by atoms with E-state index in [2.05, 4.69) is 26.1 Å². The molecule has 1 rings (SSSR count). The Kier molecular flexibility index (Phi) is 5.62. The van der Waals surface area contributed by atoms with Crippen molar-refractivity contribution in [3.8, 4) is 0 Å². The van der Waals surface area contributed by atoms with Gasteiger partial charge in [0.1, 0.15) is 0 Å². The van der Waals surface area contributed by atoms with E-state index in [-0.39, 0.29) is 0 Å². The van der Waals surface area contributed by atoms with Gasteiger partial charge in [0.05, 0.1) is 6.10 Å². The van der Waals surface area contributed by atoms with Crippen molar-refractivity contribution in [2.24, 2.45) is 5.41 Å². The summed E-state index contributed by atoms with van der Waals surface area (Å²) in [6.45, 7) is 9.74. The number of ether oxygens (including phenoxy) is 1. The lowest BCUT2D eigenvalue weighted by atomic mass is 9.67. The van der Waals surface area contributed by atoms with Gasteiger partial charge in [-0.15, -0.1) is 0 Å². The molecule has 0 unspecified atom stereocenters. The lowest BCUT2D eigenvalue weighted by Crippen LogP contribution is -2.41. The molecule has 1 N–H and O–H groups in total. The van der Waals surface area contributed by atoms with Crippen molar-refractivity contribution in [3.63, 3.8) is 0 Å². The van der Waals surface area contributed by atoms with Crippen LogP contribution in [0.5, 0.6) is 0 Å². The Labute approximate surface area is 94.8 Å². The van der Waals surface area contributed by atoms with Crippen LogP contribution in [0.25, 0.3) is 0 Å². The Morgan fingerprint density at radius 3 is 2.53 bits per heavy atom. The summed E-state index contributed by atoms with van der Waals surface area (Å²) in [4.78, 5) is 0. The Hall–Kier alpha value is -0.0800. The molecule has 15 heavy (non-hydrogen) atoms. The second-order valence-corrected chi connectivity index (χ2v) is 5.20. The van der Waals surface area contributed by atoms with Crippen LogP contribution in [-0.4, -0.2) is 25.8 Å². The largest absolute Gasteiger partial charge is 0.379 e. The van der Waals surface area contributed by atoms with Crippen molar-refractivity contribution in [1.82, 2.24) is 5.32 Å². The first kappa shape index (κ1) is 13.0. The van der Waals surface area contributed by atoms with E-state index in [1.54, 1.807) is 0 Å². The van der Waals surface area contributed by atoms with Crippen LogP contribution in [0.15, 0.2) is 0 Å². The predicted octanol–water partition coefficient (Wildman–Crippen LogP) is 2.97. The number of hydrogen-bond acceptors (Lipinski definition) is 2. The molecule has 2 nitrogen and oxygen atoms in total. The van der Waals surface area contributed by atoms with E-state index in [1.807, 2.05) is 0 Å². The Morgan fingerprint density at radius 1 is 1.33 bits per heavy atom. The first-order chi connectivity index (χ1) is 7.18. The summed E-state index contributed by atoms with van der Waals surface area (Å²) in [6.07, 6.45) is 7.05. The minimum Gasteiger partial charge on any atom is -0.379 e. The van der Waals surface area contributed by atoms with E-state index in [1.165, 1.54) is 38.6 Å². The van der Waals surface area contributed by atoms with Gasteiger partial charge in [-0.25, -0.2) is 0 Å². The summed E-state index contributed by atoms with van der Waals surface area (Å²) >= 11 is 0. The van der Waals surface area contributed by atoms with Gasteiger partial charge in [-0.1, -0.05) is 13.3 Å². The van der Waals surface area contributed by atoms with Gasteiger partial charge in [-0.3, -0.25) is 0 Å². The molecule has 0 saturated heterocycles. The van der Waals surface area contributed by atoms with Gasteiger partial charge in [-0.05, 0) is 51.5 Å². The van der Waals surface area contributed by atoms with Gasteiger partial charge in [0.25, 0.3) is 0 Å². The molecule has 0 aromatic rings. The highest BCUT2D eigenvalue weighted by Crippen LogP contribution is 2.43. The van der Waals surface area contributed by atoms with Gasteiger partial charge in [-0.2, -0.15) is 0 Å². The number of nitrogens with one attached hydrogen (secondary N) is 1. The SMILES string of the molecule is CCCNCC1(CCOC(C)C)CCC1. The molecule has 0 radical (unpaired) electrons. The molecule has 0 aromatic heterocycles. The number of rotatable bonds is 8. The predicted molar refractivity (Wildman–Crippen MR) is 65.1 cm³/mol. The van der Waals surface area contributed by atoms with E-state index in [0.717, 1.165) is 13.2 Å². The molecule has 0 spiro atoms. The summed E-state index contributed by atoms with van der Waals surface area (Å²) in [7, 11) is 0. The molecule has 0 heterocycles. The van der Waals surface area contributed by atoms with E-state index >= 15 is 0 Å². The van der Waals surface area contributed by atoms with Crippen molar-refractivity contribution < 1.29 is 4.74 Å². The van der Waals surface area contributed by atoms with Gasteiger partial charge in [0, 0.05) is 13.2 Å². The average molecular weight is 213 g/mol. The standard InChI is InChI=1S/C13H27NO/c1-4-9-14-11-13(6-5-7-13)8-10-15-12(2)3/h12,14H,4-11H2,1-3H3. The molecule has 1 fully saturated rings. The van der Waals surface area contributed by atoms with Crippen LogP contribution in [0.2, 0.25) is 0 Å². The van der Waals surface area contributed by atoms with E-state index in [0.29, 0.717) is 11.5 Å². The Morgan fingerprint density at radius 2 is 2.07 bits per heavy atom. The maximum atomic E-state index is 5.65. The molecule has 0 bridgehead atoms. The Balaban J connectivity index is 2.15. The fourth-order valence-electron chi connectivity index (χ4n) is 2.23. The Bertz CT molecular complexity index is 164. The summed E-state index contributed by atoms with van der Waals surface area (Å²) in [5.74, 6) is 0. The van der Waals surface area contributed by atoms with Crippen LogP contribution < -0.4 is 5.32 Å². The smallest absolute Gasteiger partial charge is 0.0518 e. The molecule has 90 valence electrons. The lowest BCUT2D eigenvalue weighted by Gasteiger charge is -2.42. The molecule has 1 aliphatic carbocycles. The van der Waals surface area contributed by atoms with Crippen LogP contribution in [0, 0.1) is 5.41 Å². The summed E-state index contributed by atoms with van der Waals surface area (Å²) in [6, 6.07) is 0. The summed E-state index contributed by atoms with van der Waals surface area (Å²) < 4.78 is 5.65. The molecule has 0 atom stereocenters. The van der Waals surface area contributed by atoms with Crippen molar-refractivity contribution in [1.29, 1.82) is 0 Å². The molecule has 1 saturated carbocycles. The van der Waals surface area contributed by atoms with E-state index in [4.69, 9.17) is 4.74 Å². The van der Waals surface area contributed by atoms with Gasteiger partial charge >= 0.3 is 0 Å². The second kappa shape index (κ2) is 6.49. The minimum absolute atomic E-state index is 0.380. The van der Waals surface area contributed by atoms with Crippen molar-refractivity contribution in [2.45, 2.75) is 59.0 Å². The molecule has 0 aromatic carbocycles. The zero-order chi connectivity index (χ0) is 11.1. The highest BCUT2D eigenvalue weighted by atomic mass is 16.5. The van der Waals surface area contributed by atoms with Crippen LogP contribution in [0.3, 0.4) is 0 Å².